The molecule has 2 aromatic rings. The van der Waals surface area contributed by atoms with E-state index in [0.29, 0.717) is 6.54 Å². The maximum Gasteiger partial charge on any atom is 0.407 e. The summed E-state index contributed by atoms with van der Waals surface area (Å²) in [5, 5.41) is 14.3. The normalized spacial score (nSPS) is 14.1. The highest BCUT2D eigenvalue weighted by Crippen LogP contribution is 2.44. The number of aliphatic carboxylic acids is 1. The minimum absolute atomic E-state index is 0.0893. The Morgan fingerprint density at radius 2 is 1.66 bits per heavy atom. The fraction of sp³-hybridized carbons (Fsp3) is 0.375. The standard InChI is InChI=1S/C24H28N2O5S/c1-15(14-32-2)12-25-23(29)21(11-22(27)28)26-24(30)31-13-20-18-9-5-3-7-16(18)17-8-4-6-10-19(17)20/h3-10,15,20-21H,11-14H2,1-2H3,(H,25,29)(H,26,30)(H,27,28). The Morgan fingerprint density at radius 1 is 1.06 bits per heavy atom. The van der Waals surface area contributed by atoms with Crippen LogP contribution in [0.25, 0.3) is 11.1 Å². The monoisotopic (exact) mass is 456 g/mol. The third-order valence-corrected chi connectivity index (χ3v) is 6.31. The summed E-state index contributed by atoms with van der Waals surface area (Å²) < 4.78 is 5.44. The van der Waals surface area contributed by atoms with Crippen molar-refractivity contribution in [1.29, 1.82) is 0 Å². The lowest BCUT2D eigenvalue weighted by molar-refractivity contribution is -0.139. The minimum atomic E-state index is -1.20. The molecule has 7 nitrogen and oxygen atoms in total. The average molecular weight is 457 g/mol. The molecule has 0 aliphatic heterocycles. The van der Waals surface area contributed by atoms with Gasteiger partial charge in [0.25, 0.3) is 0 Å². The van der Waals surface area contributed by atoms with Gasteiger partial charge in [0.05, 0.1) is 6.42 Å². The van der Waals surface area contributed by atoms with Gasteiger partial charge in [-0.2, -0.15) is 11.8 Å². The topological polar surface area (TPSA) is 105 Å². The molecule has 3 rings (SSSR count). The zero-order valence-electron chi connectivity index (χ0n) is 18.2. The fourth-order valence-corrected chi connectivity index (χ4v) is 4.59. The molecular weight excluding hydrogens is 428 g/mol. The zero-order chi connectivity index (χ0) is 23.1. The van der Waals surface area contributed by atoms with Crippen LogP contribution in [0, 0.1) is 5.92 Å². The Hall–Kier alpha value is -3.00. The number of carboxylic acids is 1. The van der Waals surface area contributed by atoms with Gasteiger partial charge in [0, 0.05) is 12.5 Å². The van der Waals surface area contributed by atoms with Crippen LogP contribution in [0.4, 0.5) is 4.79 Å². The number of fused-ring (bicyclic) bond motifs is 3. The van der Waals surface area contributed by atoms with E-state index in [0.717, 1.165) is 28.0 Å². The van der Waals surface area contributed by atoms with Crippen LogP contribution in [-0.2, 0) is 14.3 Å². The molecule has 0 saturated heterocycles. The molecule has 0 radical (unpaired) electrons. The Kier molecular flexibility index (Phi) is 8.16. The average Bonchev–Trinajstić information content (AvgIpc) is 3.09. The number of benzene rings is 2. The molecular formula is C24H28N2O5S. The van der Waals surface area contributed by atoms with Crippen LogP contribution in [-0.4, -0.2) is 54.3 Å². The van der Waals surface area contributed by atoms with Gasteiger partial charge in [-0.1, -0.05) is 55.5 Å². The summed E-state index contributed by atoms with van der Waals surface area (Å²) in [6.45, 7) is 2.48. The summed E-state index contributed by atoms with van der Waals surface area (Å²) in [6.07, 6.45) is 0.641. The second-order valence-corrected chi connectivity index (χ2v) is 8.84. The molecule has 0 heterocycles. The van der Waals surface area contributed by atoms with Crippen molar-refractivity contribution in [2.75, 3.05) is 25.2 Å². The highest BCUT2D eigenvalue weighted by Gasteiger charge is 2.30. The van der Waals surface area contributed by atoms with E-state index >= 15 is 0 Å². The lowest BCUT2D eigenvalue weighted by Crippen LogP contribution is -2.49. The highest BCUT2D eigenvalue weighted by atomic mass is 32.2. The first-order valence-corrected chi connectivity index (χ1v) is 11.9. The van der Waals surface area contributed by atoms with E-state index in [1.54, 1.807) is 11.8 Å². The molecule has 32 heavy (non-hydrogen) atoms. The number of alkyl carbamates (subject to hydrolysis) is 1. The second kappa shape index (κ2) is 11.0. The molecule has 1 aliphatic carbocycles. The van der Waals surface area contributed by atoms with Crippen molar-refractivity contribution in [3.8, 4) is 11.1 Å². The van der Waals surface area contributed by atoms with Gasteiger partial charge in [-0.3, -0.25) is 9.59 Å². The number of nitrogens with one attached hydrogen (secondary N) is 2. The van der Waals surface area contributed by atoms with Gasteiger partial charge >= 0.3 is 12.1 Å². The summed E-state index contributed by atoms with van der Waals surface area (Å²) in [4.78, 5) is 36.1. The van der Waals surface area contributed by atoms with E-state index in [9.17, 15) is 14.4 Å². The van der Waals surface area contributed by atoms with Crippen molar-refractivity contribution in [1.82, 2.24) is 10.6 Å². The number of amides is 2. The van der Waals surface area contributed by atoms with E-state index in [1.807, 2.05) is 61.7 Å². The summed E-state index contributed by atoms with van der Waals surface area (Å²) in [6, 6.07) is 14.7. The second-order valence-electron chi connectivity index (χ2n) is 7.93. The molecule has 2 atom stereocenters. The highest BCUT2D eigenvalue weighted by molar-refractivity contribution is 7.98. The smallest absolute Gasteiger partial charge is 0.407 e. The van der Waals surface area contributed by atoms with Gasteiger partial charge in [-0.25, -0.2) is 4.79 Å². The Morgan fingerprint density at radius 3 is 2.22 bits per heavy atom. The van der Waals surface area contributed by atoms with Crippen LogP contribution in [0.5, 0.6) is 0 Å². The van der Waals surface area contributed by atoms with Crippen molar-refractivity contribution >= 4 is 29.7 Å². The third kappa shape index (κ3) is 5.82. The Labute approximate surface area is 191 Å². The van der Waals surface area contributed by atoms with Crippen LogP contribution in [0.1, 0.15) is 30.4 Å². The molecule has 0 bridgehead atoms. The van der Waals surface area contributed by atoms with Gasteiger partial charge in [-0.05, 0) is 40.2 Å². The maximum atomic E-state index is 12.5. The summed E-state index contributed by atoms with van der Waals surface area (Å²) in [5.74, 6) is -0.736. The molecule has 1 aliphatic rings. The molecule has 0 spiro atoms. The minimum Gasteiger partial charge on any atom is -0.481 e. The van der Waals surface area contributed by atoms with Gasteiger partial charge < -0.3 is 20.5 Å². The van der Waals surface area contributed by atoms with E-state index in [1.165, 1.54) is 0 Å². The SMILES string of the molecule is CSCC(C)CNC(=O)C(CC(=O)O)NC(=O)OCC1c2ccccc2-c2ccccc21. The van der Waals surface area contributed by atoms with Gasteiger partial charge in [0.1, 0.15) is 12.6 Å². The zero-order valence-corrected chi connectivity index (χ0v) is 19.0. The molecule has 2 aromatic carbocycles. The lowest BCUT2D eigenvalue weighted by atomic mass is 9.98. The first-order chi connectivity index (χ1) is 15.4. The number of rotatable bonds is 10. The van der Waals surface area contributed by atoms with Crippen molar-refractivity contribution in [3.63, 3.8) is 0 Å². The lowest BCUT2D eigenvalue weighted by Gasteiger charge is -2.19. The molecule has 0 saturated carbocycles. The molecule has 170 valence electrons. The third-order valence-electron chi connectivity index (χ3n) is 5.41. The number of hydrogen-bond acceptors (Lipinski definition) is 5. The number of hydrogen-bond donors (Lipinski definition) is 3. The first-order valence-electron chi connectivity index (χ1n) is 10.5. The van der Waals surface area contributed by atoms with Crippen LogP contribution >= 0.6 is 11.8 Å². The quantitative estimate of drug-likeness (QED) is 0.506. The molecule has 8 heteroatoms. The van der Waals surface area contributed by atoms with Crippen LogP contribution < -0.4 is 10.6 Å². The van der Waals surface area contributed by atoms with Gasteiger partial charge in [0.2, 0.25) is 5.91 Å². The molecule has 2 unspecified atom stereocenters. The van der Waals surface area contributed by atoms with E-state index in [4.69, 9.17) is 9.84 Å². The number of ether oxygens (including phenoxy) is 1. The van der Waals surface area contributed by atoms with Crippen molar-refractivity contribution in [2.45, 2.75) is 25.3 Å². The van der Waals surface area contributed by atoms with Gasteiger partial charge in [0.15, 0.2) is 0 Å². The Balaban J connectivity index is 1.62. The predicted molar refractivity (Wildman–Crippen MR) is 125 cm³/mol. The molecule has 0 fully saturated rings. The van der Waals surface area contributed by atoms with E-state index in [-0.39, 0.29) is 18.4 Å². The predicted octanol–water partition coefficient (Wildman–Crippen LogP) is 3.48. The summed E-state index contributed by atoms with van der Waals surface area (Å²) in [7, 11) is 0. The van der Waals surface area contributed by atoms with E-state index in [2.05, 4.69) is 10.6 Å². The van der Waals surface area contributed by atoms with Gasteiger partial charge in [-0.15, -0.1) is 0 Å². The fourth-order valence-electron chi connectivity index (χ4n) is 3.91. The summed E-state index contributed by atoms with van der Waals surface area (Å²) in [5.41, 5.74) is 4.37. The van der Waals surface area contributed by atoms with Crippen molar-refractivity contribution in [2.24, 2.45) is 5.92 Å². The molecule has 2 amide bonds. The molecule has 0 aromatic heterocycles. The van der Waals surface area contributed by atoms with Crippen LogP contribution in [0.15, 0.2) is 48.5 Å². The number of thioether (sulfide) groups is 1. The first kappa shape index (κ1) is 23.7. The largest absolute Gasteiger partial charge is 0.481 e. The van der Waals surface area contributed by atoms with Crippen LogP contribution in [0.3, 0.4) is 0 Å². The number of carboxylic acid groups (broad SMARTS) is 1. The molecule has 3 N–H and O–H groups in total. The van der Waals surface area contributed by atoms with Crippen molar-refractivity contribution < 1.29 is 24.2 Å². The Bertz CT molecular complexity index is 935. The van der Waals surface area contributed by atoms with Crippen LogP contribution in [0.2, 0.25) is 0 Å². The number of carbonyl (C=O) groups excluding carboxylic acids is 2. The van der Waals surface area contributed by atoms with Crippen molar-refractivity contribution in [3.05, 3.63) is 59.7 Å². The summed E-state index contributed by atoms with van der Waals surface area (Å²) >= 11 is 1.66. The van der Waals surface area contributed by atoms with E-state index < -0.39 is 30.4 Å². The number of carbonyl (C=O) groups is 3. The maximum absolute atomic E-state index is 12.5.